The van der Waals surface area contributed by atoms with Crippen LogP contribution in [0.3, 0.4) is 0 Å². The van der Waals surface area contributed by atoms with Crippen LogP contribution in [0, 0.1) is 5.82 Å². The van der Waals surface area contributed by atoms with Gasteiger partial charge in [0.05, 0.1) is 23.9 Å². The van der Waals surface area contributed by atoms with E-state index in [1.54, 1.807) is 31.5 Å². The highest BCUT2D eigenvalue weighted by molar-refractivity contribution is 9.10. The lowest BCUT2D eigenvalue weighted by Gasteiger charge is -2.25. The minimum Gasteiger partial charge on any atom is -0.459 e. The molecule has 2 atom stereocenters. The molecule has 0 radical (unpaired) electrons. The van der Waals surface area contributed by atoms with Crippen LogP contribution in [0.15, 0.2) is 63.6 Å². The number of rotatable bonds is 6. The molecule has 1 fully saturated rings. The Balaban J connectivity index is 1.72. The van der Waals surface area contributed by atoms with Gasteiger partial charge in [0.1, 0.15) is 23.4 Å². The molecule has 3 heterocycles. The predicted octanol–water partition coefficient (Wildman–Crippen LogP) is 4.86. The van der Waals surface area contributed by atoms with Crippen LogP contribution in [0.4, 0.5) is 4.39 Å². The van der Waals surface area contributed by atoms with Gasteiger partial charge in [-0.3, -0.25) is 4.98 Å². The molecule has 5 nitrogen and oxygen atoms in total. The predicted molar refractivity (Wildman–Crippen MR) is 116 cm³/mol. The zero-order valence-electron chi connectivity index (χ0n) is 15.6. The van der Waals surface area contributed by atoms with Crippen LogP contribution in [0.2, 0.25) is 0 Å². The molecule has 1 saturated heterocycles. The van der Waals surface area contributed by atoms with E-state index in [0.29, 0.717) is 39.8 Å². The summed E-state index contributed by atoms with van der Waals surface area (Å²) in [6.07, 6.45) is 1.75. The van der Waals surface area contributed by atoms with Crippen LogP contribution < -0.4 is 5.32 Å². The van der Waals surface area contributed by atoms with Gasteiger partial charge in [-0.15, -0.1) is 0 Å². The number of pyridine rings is 1. The zero-order valence-corrected chi connectivity index (χ0v) is 18.0. The van der Waals surface area contributed by atoms with Crippen molar-refractivity contribution in [3.8, 4) is 11.3 Å². The normalized spacial score (nSPS) is 18.9. The van der Waals surface area contributed by atoms with Crippen molar-refractivity contribution < 1.29 is 13.5 Å². The number of furan rings is 1. The van der Waals surface area contributed by atoms with Gasteiger partial charge in [0.15, 0.2) is 5.11 Å². The van der Waals surface area contributed by atoms with Gasteiger partial charge in [0, 0.05) is 24.3 Å². The molecule has 1 aliphatic rings. The number of aromatic nitrogens is 1. The van der Waals surface area contributed by atoms with Crippen LogP contribution in [0.5, 0.6) is 0 Å². The van der Waals surface area contributed by atoms with Gasteiger partial charge in [-0.25, -0.2) is 4.39 Å². The number of halogens is 2. The second-order valence-corrected chi connectivity index (χ2v) is 7.94. The van der Waals surface area contributed by atoms with Crippen molar-refractivity contribution in [1.29, 1.82) is 0 Å². The van der Waals surface area contributed by atoms with Crippen LogP contribution in [0.25, 0.3) is 11.3 Å². The Bertz CT molecular complexity index is 1010. The molecule has 4 rings (SSSR count). The lowest BCUT2D eigenvalue weighted by molar-refractivity contribution is 0.158. The molecule has 0 amide bonds. The lowest BCUT2D eigenvalue weighted by atomic mass is 10.0. The number of hydrogen-bond acceptors (Lipinski definition) is 4. The fraction of sp³-hybridized carbons (Fsp3) is 0.238. The molecule has 0 aliphatic carbocycles. The average Bonchev–Trinajstić information content (AvgIpc) is 3.31. The van der Waals surface area contributed by atoms with Crippen molar-refractivity contribution in [3.63, 3.8) is 0 Å². The Kier molecular flexibility index (Phi) is 5.94. The number of nitrogens with one attached hydrogen (secondary N) is 1. The molecule has 0 spiro atoms. The van der Waals surface area contributed by atoms with Crippen LogP contribution >= 0.6 is 28.1 Å². The third kappa shape index (κ3) is 4.05. The summed E-state index contributed by atoms with van der Waals surface area (Å²) in [7, 11) is 1.65. The fourth-order valence-corrected chi connectivity index (χ4v) is 4.16. The smallest absolute Gasteiger partial charge is 0.170 e. The molecule has 0 bridgehead atoms. The van der Waals surface area contributed by atoms with Gasteiger partial charge in [0.2, 0.25) is 0 Å². The first-order valence-corrected chi connectivity index (χ1v) is 10.3. The molecule has 1 aliphatic heterocycles. The minimum atomic E-state index is -0.349. The third-order valence-electron chi connectivity index (χ3n) is 4.85. The quantitative estimate of drug-likeness (QED) is 0.513. The summed E-state index contributed by atoms with van der Waals surface area (Å²) >= 11 is 8.85. The summed E-state index contributed by atoms with van der Waals surface area (Å²) in [4.78, 5) is 6.51. The van der Waals surface area contributed by atoms with Crippen molar-refractivity contribution >= 4 is 33.3 Å². The van der Waals surface area contributed by atoms with E-state index in [-0.39, 0.29) is 17.9 Å². The molecular formula is C21H19BrFN3O2S. The highest BCUT2D eigenvalue weighted by Gasteiger charge is 2.41. The second-order valence-electron chi connectivity index (χ2n) is 6.64. The SMILES string of the molecule is COCCN1C(=S)N[C@@H](c2ccccn2)[C@@H]1c1ccc(-c2ccc(Br)cc2F)o1. The summed E-state index contributed by atoms with van der Waals surface area (Å²) in [5, 5.41) is 3.95. The van der Waals surface area contributed by atoms with Gasteiger partial charge in [-0.2, -0.15) is 0 Å². The lowest BCUT2D eigenvalue weighted by Crippen LogP contribution is -2.32. The van der Waals surface area contributed by atoms with Crippen molar-refractivity contribution in [2.24, 2.45) is 0 Å². The first-order chi connectivity index (χ1) is 14.1. The monoisotopic (exact) mass is 475 g/mol. The largest absolute Gasteiger partial charge is 0.459 e. The highest BCUT2D eigenvalue weighted by atomic mass is 79.9. The number of nitrogens with zero attached hydrogens (tertiary/aromatic N) is 2. The number of hydrogen-bond donors (Lipinski definition) is 1. The summed E-state index contributed by atoms with van der Waals surface area (Å²) < 4.78 is 26.5. The van der Waals surface area contributed by atoms with E-state index in [1.807, 2.05) is 29.2 Å². The van der Waals surface area contributed by atoms with E-state index in [1.165, 1.54) is 6.07 Å². The Morgan fingerprint density at radius 1 is 1.28 bits per heavy atom. The average molecular weight is 476 g/mol. The highest BCUT2D eigenvalue weighted by Crippen LogP contribution is 2.40. The Labute approximate surface area is 182 Å². The Hall–Kier alpha value is -2.29. The van der Waals surface area contributed by atoms with Gasteiger partial charge in [0.25, 0.3) is 0 Å². The van der Waals surface area contributed by atoms with E-state index in [2.05, 4.69) is 26.2 Å². The maximum absolute atomic E-state index is 14.4. The number of thiocarbonyl (C=S) groups is 1. The van der Waals surface area contributed by atoms with E-state index in [4.69, 9.17) is 21.4 Å². The van der Waals surface area contributed by atoms with Crippen molar-refractivity contribution in [3.05, 3.63) is 76.5 Å². The van der Waals surface area contributed by atoms with Crippen LogP contribution in [0.1, 0.15) is 23.5 Å². The maximum Gasteiger partial charge on any atom is 0.170 e. The molecule has 0 saturated carbocycles. The zero-order chi connectivity index (χ0) is 20.4. The van der Waals surface area contributed by atoms with E-state index >= 15 is 0 Å². The summed E-state index contributed by atoms with van der Waals surface area (Å²) in [5.41, 5.74) is 1.26. The molecule has 3 aromatic rings. The van der Waals surface area contributed by atoms with Gasteiger partial charge in [-0.05, 0) is 54.7 Å². The van der Waals surface area contributed by atoms with Crippen molar-refractivity contribution in [1.82, 2.24) is 15.2 Å². The van der Waals surface area contributed by atoms with Gasteiger partial charge in [-0.1, -0.05) is 22.0 Å². The molecule has 29 heavy (non-hydrogen) atoms. The second kappa shape index (κ2) is 8.61. The van der Waals surface area contributed by atoms with E-state index in [0.717, 1.165) is 5.69 Å². The molecular weight excluding hydrogens is 457 g/mol. The Morgan fingerprint density at radius 3 is 2.86 bits per heavy atom. The molecule has 0 unspecified atom stereocenters. The first-order valence-electron chi connectivity index (χ1n) is 9.10. The summed E-state index contributed by atoms with van der Waals surface area (Å²) in [5.74, 6) is 0.800. The minimum absolute atomic E-state index is 0.186. The number of benzene rings is 1. The Morgan fingerprint density at radius 2 is 2.14 bits per heavy atom. The standard InChI is InChI=1S/C21H19BrFN3O2S/c1-27-11-10-26-20(19(25-21(26)29)16-4-2-3-9-24-16)18-8-7-17(28-18)14-6-5-13(22)12-15(14)23/h2-9,12,19-20H,10-11H2,1H3,(H,25,29)/t19-,20-/m0/s1. The van der Waals surface area contributed by atoms with E-state index in [9.17, 15) is 4.39 Å². The van der Waals surface area contributed by atoms with Crippen molar-refractivity contribution in [2.75, 3.05) is 20.3 Å². The van der Waals surface area contributed by atoms with Gasteiger partial charge >= 0.3 is 0 Å². The van der Waals surface area contributed by atoms with Crippen LogP contribution in [-0.4, -0.2) is 35.3 Å². The topological polar surface area (TPSA) is 50.5 Å². The fourth-order valence-electron chi connectivity index (χ4n) is 3.49. The summed E-state index contributed by atoms with van der Waals surface area (Å²) in [6, 6.07) is 13.9. The molecule has 8 heteroatoms. The number of ether oxygens (including phenoxy) is 1. The molecule has 1 aromatic carbocycles. The first kappa shape index (κ1) is 20.0. The molecule has 1 N–H and O–H groups in total. The van der Waals surface area contributed by atoms with E-state index < -0.39 is 0 Å². The van der Waals surface area contributed by atoms with Gasteiger partial charge < -0.3 is 19.4 Å². The third-order valence-corrected chi connectivity index (χ3v) is 5.69. The molecule has 150 valence electrons. The molecule has 2 aromatic heterocycles. The van der Waals surface area contributed by atoms with Crippen LogP contribution in [-0.2, 0) is 4.74 Å². The summed E-state index contributed by atoms with van der Waals surface area (Å²) in [6.45, 7) is 1.11. The van der Waals surface area contributed by atoms with Crippen molar-refractivity contribution in [2.45, 2.75) is 12.1 Å². The maximum atomic E-state index is 14.4. The number of methoxy groups -OCH3 is 1.